The van der Waals surface area contributed by atoms with Gasteiger partial charge in [0, 0.05) is 12.3 Å². The lowest BCUT2D eigenvalue weighted by Crippen LogP contribution is -2.00. The van der Waals surface area contributed by atoms with Crippen LogP contribution >= 0.6 is 11.6 Å². The van der Waals surface area contributed by atoms with Crippen LogP contribution in [0.5, 0.6) is 0 Å². The quantitative estimate of drug-likeness (QED) is 0.442. The Labute approximate surface area is 92.2 Å². The van der Waals surface area contributed by atoms with E-state index in [2.05, 4.69) is 4.74 Å². The van der Waals surface area contributed by atoms with Gasteiger partial charge in [-0.2, -0.15) is 0 Å². The van der Waals surface area contributed by atoms with Crippen molar-refractivity contribution in [3.05, 3.63) is 23.7 Å². The molecule has 0 bridgehead atoms. The van der Waals surface area contributed by atoms with Crippen LogP contribution in [0.15, 0.2) is 16.5 Å². The number of Topliss-reactive ketones (excluding diaryl/α,β-unsaturated/α-hetero) is 1. The van der Waals surface area contributed by atoms with E-state index >= 15 is 0 Å². The third-order valence-electron chi connectivity index (χ3n) is 1.80. The number of carbonyl (C=O) groups excluding carboxylic acids is 2. The van der Waals surface area contributed by atoms with E-state index in [-0.39, 0.29) is 17.3 Å². The zero-order chi connectivity index (χ0) is 11.3. The summed E-state index contributed by atoms with van der Waals surface area (Å²) in [6.45, 7) is 0. The average Bonchev–Trinajstić information content (AvgIpc) is 2.74. The Balaban J connectivity index is 2.67. The number of ether oxygens (including phenoxy) is 1. The molecule has 0 aliphatic rings. The van der Waals surface area contributed by atoms with Crippen LogP contribution in [0.4, 0.5) is 0 Å². The second-order valence-electron chi connectivity index (χ2n) is 2.87. The molecular formula is C10H11ClO4. The predicted molar refractivity (Wildman–Crippen MR) is 54.3 cm³/mol. The lowest BCUT2D eigenvalue weighted by Gasteiger charge is -1.95. The molecule has 0 unspecified atom stereocenters. The van der Waals surface area contributed by atoms with Crippen molar-refractivity contribution in [3.8, 4) is 0 Å². The Morgan fingerprint density at radius 1 is 1.40 bits per heavy atom. The fourth-order valence-corrected chi connectivity index (χ4v) is 1.18. The normalized spacial score (nSPS) is 10.0. The summed E-state index contributed by atoms with van der Waals surface area (Å²) in [5.74, 6) is -0.125. The fourth-order valence-electron chi connectivity index (χ4n) is 1.05. The van der Waals surface area contributed by atoms with Gasteiger partial charge in [-0.1, -0.05) is 0 Å². The number of methoxy groups -OCH3 is 1. The summed E-state index contributed by atoms with van der Waals surface area (Å²) in [5, 5.41) is 0. The molecule has 0 aliphatic heterocycles. The molecule has 0 aromatic carbocycles. The zero-order valence-corrected chi connectivity index (χ0v) is 9.04. The number of rotatable bonds is 5. The maximum atomic E-state index is 11.4. The van der Waals surface area contributed by atoms with Crippen molar-refractivity contribution in [2.24, 2.45) is 0 Å². The second kappa shape index (κ2) is 5.56. The summed E-state index contributed by atoms with van der Waals surface area (Å²) in [7, 11) is 1.25. The molecule has 0 atom stereocenters. The molecule has 1 aromatic heterocycles. The highest BCUT2D eigenvalue weighted by Crippen LogP contribution is 2.12. The minimum atomic E-state index is -0.591. The molecule has 1 heterocycles. The number of esters is 1. The van der Waals surface area contributed by atoms with Crippen molar-refractivity contribution >= 4 is 23.4 Å². The lowest BCUT2D eigenvalue weighted by molar-refractivity contribution is 0.0563. The van der Waals surface area contributed by atoms with Crippen LogP contribution in [-0.2, 0) is 4.74 Å². The van der Waals surface area contributed by atoms with Crippen LogP contribution in [0.2, 0.25) is 0 Å². The summed E-state index contributed by atoms with van der Waals surface area (Å²) < 4.78 is 9.47. The number of carbonyl (C=O) groups is 2. The standard InChI is InChI=1S/C10H11ClO4/c1-14-10(13)9-5-4-8(15-9)7(12)3-2-6-11/h4-5H,2-3,6H2,1H3. The predicted octanol–water partition coefficient (Wildman–Crippen LogP) is 2.27. The zero-order valence-electron chi connectivity index (χ0n) is 8.29. The van der Waals surface area contributed by atoms with Crippen LogP contribution in [0.1, 0.15) is 34.0 Å². The van der Waals surface area contributed by atoms with Crippen molar-refractivity contribution in [2.45, 2.75) is 12.8 Å². The van der Waals surface area contributed by atoms with Gasteiger partial charge in [0.15, 0.2) is 11.5 Å². The highest BCUT2D eigenvalue weighted by atomic mass is 35.5. The van der Waals surface area contributed by atoms with E-state index in [9.17, 15) is 9.59 Å². The van der Waals surface area contributed by atoms with Gasteiger partial charge < -0.3 is 9.15 Å². The lowest BCUT2D eigenvalue weighted by atomic mass is 10.2. The summed E-state index contributed by atoms with van der Waals surface area (Å²) in [4.78, 5) is 22.4. The number of hydrogen-bond donors (Lipinski definition) is 0. The number of halogens is 1. The van der Waals surface area contributed by atoms with Gasteiger partial charge in [-0.3, -0.25) is 4.79 Å². The highest BCUT2D eigenvalue weighted by Gasteiger charge is 2.15. The first-order chi connectivity index (χ1) is 7.19. The van der Waals surface area contributed by atoms with Crippen molar-refractivity contribution in [1.82, 2.24) is 0 Å². The summed E-state index contributed by atoms with van der Waals surface area (Å²) in [5.41, 5.74) is 0. The molecule has 1 rings (SSSR count). The molecule has 0 spiro atoms. The third-order valence-corrected chi connectivity index (χ3v) is 2.07. The van der Waals surface area contributed by atoms with E-state index in [0.29, 0.717) is 18.7 Å². The molecule has 0 saturated heterocycles. The molecule has 0 fully saturated rings. The number of furan rings is 1. The van der Waals surface area contributed by atoms with Crippen molar-refractivity contribution in [3.63, 3.8) is 0 Å². The molecular weight excluding hydrogens is 220 g/mol. The number of hydrogen-bond acceptors (Lipinski definition) is 4. The first kappa shape index (κ1) is 11.8. The van der Waals surface area contributed by atoms with E-state index < -0.39 is 5.97 Å². The Hall–Kier alpha value is -1.29. The van der Waals surface area contributed by atoms with Gasteiger partial charge in [0.25, 0.3) is 0 Å². The Bertz CT molecular complexity index is 356. The average molecular weight is 231 g/mol. The van der Waals surface area contributed by atoms with E-state index in [0.717, 1.165) is 0 Å². The van der Waals surface area contributed by atoms with E-state index in [4.69, 9.17) is 16.0 Å². The first-order valence-corrected chi connectivity index (χ1v) is 4.99. The number of alkyl halides is 1. The molecule has 4 nitrogen and oxygen atoms in total. The number of ketones is 1. The van der Waals surface area contributed by atoms with Gasteiger partial charge in [-0.05, 0) is 18.6 Å². The summed E-state index contributed by atoms with van der Waals surface area (Å²) >= 11 is 5.45. The van der Waals surface area contributed by atoms with Gasteiger partial charge in [-0.25, -0.2) is 4.79 Å². The van der Waals surface area contributed by atoms with Crippen LogP contribution < -0.4 is 0 Å². The molecule has 1 aromatic rings. The molecule has 0 N–H and O–H groups in total. The van der Waals surface area contributed by atoms with Gasteiger partial charge in [0.1, 0.15) is 0 Å². The van der Waals surface area contributed by atoms with Crippen LogP contribution in [0.25, 0.3) is 0 Å². The monoisotopic (exact) mass is 230 g/mol. The molecule has 0 radical (unpaired) electrons. The summed E-state index contributed by atoms with van der Waals surface area (Å²) in [6.07, 6.45) is 0.909. The minimum absolute atomic E-state index is 0.0340. The van der Waals surface area contributed by atoms with E-state index in [1.54, 1.807) is 0 Å². The Morgan fingerprint density at radius 2 is 2.07 bits per heavy atom. The van der Waals surface area contributed by atoms with Crippen LogP contribution in [-0.4, -0.2) is 24.7 Å². The van der Waals surface area contributed by atoms with Crippen molar-refractivity contribution in [1.29, 1.82) is 0 Å². The Kier molecular flexibility index (Phi) is 4.37. The topological polar surface area (TPSA) is 56.5 Å². The first-order valence-electron chi connectivity index (χ1n) is 4.46. The Morgan fingerprint density at radius 3 is 2.67 bits per heavy atom. The highest BCUT2D eigenvalue weighted by molar-refractivity contribution is 6.18. The van der Waals surface area contributed by atoms with Crippen LogP contribution in [0.3, 0.4) is 0 Å². The molecule has 0 amide bonds. The molecule has 5 heteroatoms. The molecule has 15 heavy (non-hydrogen) atoms. The maximum Gasteiger partial charge on any atom is 0.373 e. The SMILES string of the molecule is COC(=O)c1ccc(C(=O)CCCCl)o1. The van der Waals surface area contributed by atoms with Gasteiger partial charge in [0.05, 0.1) is 7.11 Å². The van der Waals surface area contributed by atoms with Crippen molar-refractivity contribution < 1.29 is 18.7 Å². The van der Waals surface area contributed by atoms with Crippen molar-refractivity contribution in [2.75, 3.05) is 13.0 Å². The second-order valence-corrected chi connectivity index (χ2v) is 3.25. The largest absolute Gasteiger partial charge is 0.463 e. The van der Waals surface area contributed by atoms with Gasteiger partial charge in [0.2, 0.25) is 5.76 Å². The van der Waals surface area contributed by atoms with E-state index in [1.807, 2.05) is 0 Å². The molecule has 0 aliphatic carbocycles. The smallest absolute Gasteiger partial charge is 0.373 e. The fraction of sp³-hybridized carbons (Fsp3) is 0.400. The van der Waals surface area contributed by atoms with Gasteiger partial charge in [-0.15, -0.1) is 11.6 Å². The maximum absolute atomic E-state index is 11.4. The van der Waals surface area contributed by atoms with Crippen LogP contribution in [0, 0.1) is 0 Å². The molecule has 0 saturated carbocycles. The molecule has 82 valence electrons. The van der Waals surface area contributed by atoms with E-state index in [1.165, 1.54) is 19.2 Å². The minimum Gasteiger partial charge on any atom is -0.463 e. The summed E-state index contributed by atoms with van der Waals surface area (Å²) in [6, 6.07) is 2.88. The third kappa shape index (κ3) is 3.09. The van der Waals surface area contributed by atoms with Gasteiger partial charge >= 0.3 is 5.97 Å².